The van der Waals surface area contributed by atoms with Gasteiger partial charge in [-0.25, -0.2) is 19.2 Å². The van der Waals surface area contributed by atoms with Crippen LogP contribution in [0, 0.1) is 23.7 Å². The number of ether oxygens (including phenoxy) is 6. The van der Waals surface area contributed by atoms with Crippen LogP contribution >= 0.6 is 0 Å². The monoisotopic (exact) mass is 955 g/mol. The van der Waals surface area contributed by atoms with E-state index in [0.29, 0.717) is 72.0 Å². The zero-order valence-corrected chi connectivity index (χ0v) is 41.5. The van der Waals surface area contributed by atoms with E-state index in [-0.39, 0.29) is 25.0 Å². The molecule has 2 saturated carbocycles. The largest absolute Gasteiger partial charge is 0.493 e. The highest BCUT2D eigenvalue weighted by Crippen LogP contribution is 2.48. The zero-order valence-electron chi connectivity index (χ0n) is 41.5. The normalized spacial score (nSPS) is 18.6. The number of hydrogen-bond donors (Lipinski definition) is 0. The smallest absolute Gasteiger partial charge is 0.343 e. The molecule has 2 fully saturated rings. The van der Waals surface area contributed by atoms with Crippen LogP contribution in [0.4, 0.5) is 0 Å². The quantitative estimate of drug-likeness (QED) is 0.0247. The first-order valence-electron chi connectivity index (χ1n) is 25.8. The van der Waals surface area contributed by atoms with Crippen molar-refractivity contribution < 1.29 is 47.6 Å². The Kier molecular flexibility index (Phi) is 21.7. The molecule has 4 aromatic rings. The molecule has 2 aliphatic rings. The SMILES string of the molecule is C=CC(=O)OCCCOc1ccc(C(=O)Oc2ccc(C(CC3CCC(CCC)CC3)C(CC3CCC(CCC)CC3)c3ccc(OC(=O)c4ccc(OCCCOC(=O)C=C)cc4)cc3)cc2)cc1. The Balaban J connectivity index is 1.16. The van der Waals surface area contributed by atoms with Crippen LogP contribution in [0.2, 0.25) is 0 Å². The van der Waals surface area contributed by atoms with Gasteiger partial charge in [0.15, 0.2) is 0 Å². The lowest BCUT2D eigenvalue weighted by atomic mass is 9.67. The van der Waals surface area contributed by atoms with Crippen molar-refractivity contribution in [2.24, 2.45) is 23.7 Å². The minimum atomic E-state index is -0.463. The van der Waals surface area contributed by atoms with E-state index < -0.39 is 23.9 Å². The molecule has 0 bridgehead atoms. The predicted molar refractivity (Wildman–Crippen MR) is 274 cm³/mol. The topological polar surface area (TPSA) is 124 Å². The van der Waals surface area contributed by atoms with Gasteiger partial charge in [-0.05, 0) is 132 Å². The van der Waals surface area contributed by atoms with Crippen molar-refractivity contribution in [2.75, 3.05) is 26.4 Å². The molecule has 2 aliphatic carbocycles. The molecule has 2 unspecified atom stereocenters. The Labute approximate surface area is 416 Å². The van der Waals surface area contributed by atoms with E-state index in [1.54, 1.807) is 48.5 Å². The first-order chi connectivity index (χ1) is 34.1. The van der Waals surface area contributed by atoms with Crippen LogP contribution in [0.15, 0.2) is 122 Å². The molecule has 374 valence electrons. The van der Waals surface area contributed by atoms with Gasteiger partial charge in [-0.2, -0.15) is 0 Å². The van der Waals surface area contributed by atoms with Gasteiger partial charge in [0.1, 0.15) is 23.0 Å². The number of benzene rings is 4. The molecule has 10 heteroatoms. The number of hydrogen-bond acceptors (Lipinski definition) is 10. The molecule has 10 nitrogen and oxygen atoms in total. The van der Waals surface area contributed by atoms with Crippen LogP contribution in [0.5, 0.6) is 23.0 Å². The van der Waals surface area contributed by atoms with Crippen LogP contribution in [-0.2, 0) is 19.1 Å². The van der Waals surface area contributed by atoms with Crippen molar-refractivity contribution in [3.63, 3.8) is 0 Å². The molecule has 2 atom stereocenters. The van der Waals surface area contributed by atoms with Gasteiger partial charge < -0.3 is 28.4 Å². The third-order valence-corrected chi connectivity index (χ3v) is 14.1. The van der Waals surface area contributed by atoms with E-state index in [4.69, 9.17) is 28.4 Å². The van der Waals surface area contributed by atoms with Gasteiger partial charge in [-0.1, -0.05) is 128 Å². The Bertz CT molecular complexity index is 2070. The van der Waals surface area contributed by atoms with E-state index in [2.05, 4.69) is 51.3 Å². The second-order valence-corrected chi connectivity index (χ2v) is 19.1. The number of carbonyl (C=O) groups is 4. The molecule has 70 heavy (non-hydrogen) atoms. The van der Waals surface area contributed by atoms with Crippen LogP contribution in [0.3, 0.4) is 0 Å². The van der Waals surface area contributed by atoms with Crippen LogP contribution in [-0.4, -0.2) is 50.3 Å². The minimum absolute atomic E-state index is 0.236. The highest BCUT2D eigenvalue weighted by atomic mass is 16.5. The van der Waals surface area contributed by atoms with Crippen molar-refractivity contribution in [2.45, 2.75) is 128 Å². The maximum absolute atomic E-state index is 13.3. The molecule has 0 radical (unpaired) electrons. The molecule has 0 spiro atoms. The summed E-state index contributed by atoms with van der Waals surface area (Å²) in [6.45, 7) is 12.6. The Morgan fingerprint density at radius 3 is 1.13 bits per heavy atom. The van der Waals surface area contributed by atoms with Gasteiger partial charge in [0.05, 0.1) is 37.6 Å². The average molecular weight is 955 g/mol. The van der Waals surface area contributed by atoms with Crippen molar-refractivity contribution in [3.05, 3.63) is 145 Å². The first kappa shape index (κ1) is 53.2. The van der Waals surface area contributed by atoms with Crippen LogP contribution < -0.4 is 18.9 Å². The molecule has 4 aromatic carbocycles. The van der Waals surface area contributed by atoms with Gasteiger partial charge >= 0.3 is 23.9 Å². The van der Waals surface area contributed by atoms with E-state index in [1.807, 2.05) is 24.3 Å². The summed E-state index contributed by atoms with van der Waals surface area (Å²) in [6.07, 6.45) is 20.7. The fourth-order valence-electron chi connectivity index (χ4n) is 10.3. The molecule has 0 amide bonds. The Morgan fingerprint density at radius 2 is 0.800 bits per heavy atom. The zero-order chi connectivity index (χ0) is 49.5. The Hall–Kier alpha value is -6.16. The van der Waals surface area contributed by atoms with Crippen LogP contribution in [0.1, 0.15) is 160 Å². The van der Waals surface area contributed by atoms with Gasteiger partial charge in [-0.3, -0.25) is 0 Å². The highest BCUT2D eigenvalue weighted by Gasteiger charge is 2.33. The summed E-state index contributed by atoms with van der Waals surface area (Å²) >= 11 is 0. The maximum Gasteiger partial charge on any atom is 0.343 e. The molecule has 0 aromatic heterocycles. The lowest BCUT2D eigenvalue weighted by Crippen LogP contribution is -2.23. The van der Waals surface area contributed by atoms with Crippen molar-refractivity contribution in [1.82, 2.24) is 0 Å². The van der Waals surface area contributed by atoms with Crippen molar-refractivity contribution >= 4 is 23.9 Å². The second-order valence-electron chi connectivity index (χ2n) is 19.1. The molecule has 0 heterocycles. The van der Waals surface area contributed by atoms with Gasteiger partial charge in [-0.15, -0.1) is 0 Å². The molecule has 0 N–H and O–H groups in total. The van der Waals surface area contributed by atoms with E-state index >= 15 is 0 Å². The number of rotatable bonds is 27. The fourth-order valence-corrected chi connectivity index (χ4v) is 10.3. The third-order valence-electron chi connectivity index (χ3n) is 14.1. The highest BCUT2D eigenvalue weighted by molar-refractivity contribution is 5.91. The number of esters is 4. The molecule has 6 rings (SSSR count). The van der Waals surface area contributed by atoms with E-state index in [1.165, 1.54) is 88.2 Å². The average Bonchev–Trinajstić information content (AvgIpc) is 3.39. The summed E-state index contributed by atoms with van der Waals surface area (Å²) in [6, 6.07) is 30.1. The summed E-state index contributed by atoms with van der Waals surface area (Å²) in [7, 11) is 0. The fraction of sp³-hybridized carbons (Fsp3) is 0.467. The summed E-state index contributed by atoms with van der Waals surface area (Å²) in [5.74, 6) is 3.74. The maximum atomic E-state index is 13.3. The molecule has 0 saturated heterocycles. The first-order valence-corrected chi connectivity index (χ1v) is 25.8. The summed E-state index contributed by atoms with van der Waals surface area (Å²) < 4.78 is 33.3. The van der Waals surface area contributed by atoms with Gasteiger partial charge in [0.2, 0.25) is 0 Å². The lowest BCUT2D eigenvalue weighted by molar-refractivity contribution is -0.138. The number of carbonyl (C=O) groups excluding carboxylic acids is 4. The molecular formula is C60H74O10. The summed E-state index contributed by atoms with van der Waals surface area (Å²) in [5.41, 5.74) is 3.33. The van der Waals surface area contributed by atoms with E-state index in [0.717, 1.165) is 36.8 Å². The van der Waals surface area contributed by atoms with Gasteiger partial charge in [0, 0.05) is 25.0 Å². The standard InChI is InChI=1S/C60H74O10/c1-5-11-43-13-17-45(18-14-43)41-55(47-21-33-53(34-22-47)69-59(63)49-25-29-51(30-26-49)65-37-9-39-67-57(61)7-3)56(42-46-19-15-44(12-6-2)16-20-46)48-23-35-54(36-24-48)70-60(64)50-27-31-52(32-28-50)66-38-10-40-68-58(62)8-4/h7-8,21-36,43-46,55-56H,3-6,9-20,37-42H2,1-2H3. The Morgan fingerprint density at radius 1 is 0.471 bits per heavy atom. The van der Waals surface area contributed by atoms with Crippen molar-refractivity contribution in [1.29, 1.82) is 0 Å². The summed E-state index contributed by atoms with van der Waals surface area (Å²) in [4.78, 5) is 49.2. The minimum Gasteiger partial charge on any atom is -0.493 e. The second kappa shape index (κ2) is 28.5. The molecular weight excluding hydrogens is 881 g/mol. The third kappa shape index (κ3) is 17.1. The lowest BCUT2D eigenvalue weighted by Gasteiger charge is -2.37. The van der Waals surface area contributed by atoms with E-state index in [9.17, 15) is 19.2 Å². The van der Waals surface area contributed by atoms with Crippen molar-refractivity contribution in [3.8, 4) is 23.0 Å². The van der Waals surface area contributed by atoms with Crippen LogP contribution in [0.25, 0.3) is 0 Å². The van der Waals surface area contributed by atoms with Gasteiger partial charge in [0.25, 0.3) is 0 Å². The predicted octanol–water partition coefficient (Wildman–Crippen LogP) is 14.0. The molecule has 0 aliphatic heterocycles. The summed E-state index contributed by atoms with van der Waals surface area (Å²) in [5, 5.41) is 0.